The minimum atomic E-state index is -2.87. The average Bonchev–Trinajstić information content (AvgIpc) is 1.87. The van der Waals surface area contributed by atoms with Gasteiger partial charge in [0.15, 0.2) is 0 Å². The molecule has 0 aliphatic heterocycles. The molecule has 0 saturated heterocycles. The van der Waals surface area contributed by atoms with E-state index in [2.05, 4.69) is 6.58 Å². The van der Waals surface area contributed by atoms with Gasteiger partial charge in [0, 0.05) is 17.7 Å². The third kappa shape index (κ3) is 22.6. The fourth-order valence-electron chi connectivity index (χ4n) is 0.482. The second-order valence-corrected chi connectivity index (χ2v) is 2.53. The molecule has 0 aromatic heterocycles. The minimum absolute atomic E-state index is 0.227. The summed E-state index contributed by atoms with van der Waals surface area (Å²) in [5, 5.41) is 8.39. The number of hydrogen-bond donors (Lipinski definition) is 3. The summed E-state index contributed by atoms with van der Waals surface area (Å²) in [7, 11) is -0.928. The van der Waals surface area contributed by atoms with Gasteiger partial charge in [-0.25, -0.2) is 0 Å². The van der Waals surface area contributed by atoms with Gasteiger partial charge in [-0.2, -0.15) is 0 Å². The molecule has 0 unspecified atom stereocenters. The lowest BCUT2D eigenvalue weighted by molar-refractivity contribution is 0.232. The van der Waals surface area contributed by atoms with Gasteiger partial charge in [-0.1, -0.05) is 6.08 Å². The minimum Gasteiger partial charge on any atom is -0.395 e. The zero-order valence-electron chi connectivity index (χ0n) is 7.05. The van der Waals surface area contributed by atoms with E-state index in [0.29, 0.717) is 0 Å². The van der Waals surface area contributed by atoms with Crippen LogP contribution in [0.25, 0.3) is 0 Å². The van der Waals surface area contributed by atoms with E-state index < -0.39 is 8.25 Å². The quantitative estimate of drug-likeness (QED) is 0.426. The van der Waals surface area contributed by atoms with Crippen LogP contribution in [0, 0.1) is 0 Å². The monoisotopic (exact) mass is 196 g/mol. The molecule has 72 valence electrons. The lowest BCUT2D eigenvalue weighted by Crippen LogP contribution is -2.21. The van der Waals surface area contributed by atoms with Crippen molar-refractivity contribution in [3.63, 3.8) is 0 Å². The number of nitrogens with zero attached hydrogens (tertiary/aromatic N) is 1. The Morgan fingerprint density at radius 3 is 2.25 bits per heavy atom. The molecule has 0 aromatic carbocycles. The SMILES string of the molecule is C=CCN(C)CCO.O=[P+](O)O. The largest absolute Gasteiger partial charge is 0.692 e. The molecular formula is C6H15NO4P+. The summed E-state index contributed by atoms with van der Waals surface area (Å²) in [5.41, 5.74) is 0. The van der Waals surface area contributed by atoms with Crippen LogP contribution in [-0.4, -0.2) is 46.5 Å². The lowest BCUT2D eigenvalue weighted by Gasteiger charge is -2.10. The Balaban J connectivity index is 0. The number of aliphatic hydroxyl groups is 1. The molecule has 0 radical (unpaired) electrons. The van der Waals surface area contributed by atoms with Gasteiger partial charge in [0.05, 0.1) is 6.61 Å². The van der Waals surface area contributed by atoms with Crippen LogP contribution >= 0.6 is 8.25 Å². The van der Waals surface area contributed by atoms with Gasteiger partial charge in [-0.3, -0.25) is 0 Å². The highest BCUT2D eigenvalue weighted by Gasteiger charge is 1.93. The maximum absolute atomic E-state index is 8.70. The number of rotatable bonds is 4. The van der Waals surface area contributed by atoms with Crippen LogP contribution in [0.15, 0.2) is 12.7 Å². The van der Waals surface area contributed by atoms with Crippen LogP contribution in [0.3, 0.4) is 0 Å². The highest BCUT2D eigenvalue weighted by molar-refractivity contribution is 7.30. The zero-order valence-corrected chi connectivity index (χ0v) is 7.94. The summed E-state index contributed by atoms with van der Waals surface area (Å²) in [6.07, 6.45) is 1.82. The predicted octanol–water partition coefficient (Wildman–Crippen LogP) is -0.275. The van der Waals surface area contributed by atoms with Crippen molar-refractivity contribution in [3.8, 4) is 0 Å². The molecule has 6 heteroatoms. The van der Waals surface area contributed by atoms with E-state index in [0.717, 1.165) is 13.1 Å². The van der Waals surface area contributed by atoms with Crippen molar-refractivity contribution in [2.75, 3.05) is 26.7 Å². The summed E-state index contributed by atoms with van der Waals surface area (Å²) >= 11 is 0. The summed E-state index contributed by atoms with van der Waals surface area (Å²) in [5.74, 6) is 0. The molecule has 0 heterocycles. The van der Waals surface area contributed by atoms with Gasteiger partial charge >= 0.3 is 8.25 Å². The Morgan fingerprint density at radius 2 is 2.00 bits per heavy atom. The predicted molar refractivity (Wildman–Crippen MR) is 46.8 cm³/mol. The summed E-state index contributed by atoms with van der Waals surface area (Å²) in [4.78, 5) is 16.2. The van der Waals surface area contributed by atoms with Gasteiger partial charge in [0.1, 0.15) is 0 Å². The van der Waals surface area contributed by atoms with E-state index >= 15 is 0 Å². The van der Waals surface area contributed by atoms with Gasteiger partial charge in [-0.05, 0) is 7.05 Å². The topological polar surface area (TPSA) is 81.0 Å². The van der Waals surface area contributed by atoms with E-state index in [1.54, 1.807) is 0 Å². The number of aliphatic hydroxyl groups excluding tert-OH is 1. The van der Waals surface area contributed by atoms with E-state index in [1.807, 2.05) is 18.0 Å². The lowest BCUT2D eigenvalue weighted by atomic mass is 10.5. The molecule has 5 nitrogen and oxygen atoms in total. The third-order valence-corrected chi connectivity index (χ3v) is 0.922. The highest BCUT2D eigenvalue weighted by atomic mass is 31.1. The van der Waals surface area contributed by atoms with Crippen LogP contribution in [0.2, 0.25) is 0 Å². The fourth-order valence-corrected chi connectivity index (χ4v) is 0.482. The molecule has 12 heavy (non-hydrogen) atoms. The van der Waals surface area contributed by atoms with Crippen molar-refractivity contribution in [1.29, 1.82) is 0 Å². The second-order valence-electron chi connectivity index (χ2n) is 2.03. The van der Waals surface area contributed by atoms with Crippen molar-refractivity contribution in [1.82, 2.24) is 4.90 Å². The first kappa shape index (κ1) is 14.2. The maximum atomic E-state index is 8.70. The molecule has 0 amide bonds. The molecular weight excluding hydrogens is 181 g/mol. The Labute approximate surface area is 72.9 Å². The van der Waals surface area contributed by atoms with Crippen LogP contribution in [0.1, 0.15) is 0 Å². The molecule has 0 aromatic rings. The van der Waals surface area contributed by atoms with Crippen LogP contribution < -0.4 is 0 Å². The molecule has 0 saturated carbocycles. The molecule has 0 bridgehead atoms. The van der Waals surface area contributed by atoms with E-state index in [1.165, 1.54) is 0 Å². The fraction of sp³-hybridized carbons (Fsp3) is 0.667. The van der Waals surface area contributed by atoms with Crippen molar-refractivity contribution in [2.45, 2.75) is 0 Å². The van der Waals surface area contributed by atoms with Crippen LogP contribution in [-0.2, 0) is 4.57 Å². The van der Waals surface area contributed by atoms with E-state index in [4.69, 9.17) is 19.5 Å². The van der Waals surface area contributed by atoms with Gasteiger partial charge in [0.25, 0.3) is 0 Å². The van der Waals surface area contributed by atoms with Gasteiger partial charge in [-0.15, -0.1) is 16.4 Å². The average molecular weight is 196 g/mol. The maximum Gasteiger partial charge on any atom is 0.692 e. The number of hydrogen-bond acceptors (Lipinski definition) is 3. The van der Waals surface area contributed by atoms with Crippen molar-refractivity contribution in [3.05, 3.63) is 12.7 Å². The standard InChI is InChI=1S/C6H13NO.HO3P/c1-3-4-7(2)5-6-8;1-4(2)3/h3,8H,1,4-6H2,2H3;(H-,1,2,3)/p+1. The van der Waals surface area contributed by atoms with Crippen LogP contribution in [0.4, 0.5) is 0 Å². The molecule has 0 aliphatic carbocycles. The Bertz CT molecular complexity index is 127. The Morgan fingerprint density at radius 1 is 1.58 bits per heavy atom. The Hall–Kier alpha value is -0.320. The molecule has 3 N–H and O–H groups in total. The first-order valence-electron chi connectivity index (χ1n) is 3.29. The van der Waals surface area contributed by atoms with Gasteiger partial charge in [0.2, 0.25) is 0 Å². The summed E-state index contributed by atoms with van der Waals surface area (Å²) < 4.78 is 8.70. The molecule has 0 spiro atoms. The highest BCUT2D eigenvalue weighted by Crippen LogP contribution is 1.98. The molecule has 0 fully saturated rings. The first-order valence-corrected chi connectivity index (χ1v) is 4.46. The number of likely N-dealkylation sites (N-methyl/N-ethyl adjacent to an activating group) is 1. The molecule has 0 rings (SSSR count). The zero-order chi connectivity index (χ0) is 9.98. The smallest absolute Gasteiger partial charge is 0.395 e. The third-order valence-electron chi connectivity index (χ3n) is 0.922. The molecule has 0 aliphatic rings. The van der Waals surface area contributed by atoms with Crippen molar-refractivity contribution in [2.24, 2.45) is 0 Å². The normalized spacial score (nSPS) is 8.75. The summed E-state index contributed by atoms with van der Waals surface area (Å²) in [6, 6.07) is 0. The van der Waals surface area contributed by atoms with Crippen molar-refractivity contribution < 1.29 is 19.5 Å². The van der Waals surface area contributed by atoms with E-state index in [-0.39, 0.29) is 6.61 Å². The van der Waals surface area contributed by atoms with Crippen LogP contribution in [0.5, 0.6) is 0 Å². The van der Waals surface area contributed by atoms with E-state index in [9.17, 15) is 0 Å². The molecule has 0 atom stereocenters. The van der Waals surface area contributed by atoms with Crippen molar-refractivity contribution >= 4 is 8.25 Å². The summed E-state index contributed by atoms with van der Waals surface area (Å²) in [6.45, 7) is 5.36. The Kier molecular flexibility index (Phi) is 12.7. The second kappa shape index (κ2) is 10.7. The first-order chi connectivity index (χ1) is 5.54. The van der Waals surface area contributed by atoms with Gasteiger partial charge < -0.3 is 10.0 Å².